The monoisotopic (exact) mass is 433 g/mol. The Kier molecular flexibility index (Phi) is 5.72. The van der Waals surface area contributed by atoms with Crippen LogP contribution >= 0.6 is 23.2 Å². The van der Waals surface area contributed by atoms with E-state index in [0.717, 1.165) is 27.6 Å². The molecule has 152 valence electrons. The summed E-state index contributed by atoms with van der Waals surface area (Å²) < 4.78 is 7.18. The number of hydrogen-bond donors (Lipinski definition) is 0. The third-order valence-corrected chi connectivity index (χ3v) is 5.81. The second-order valence-corrected chi connectivity index (χ2v) is 7.92. The first-order valence-corrected chi connectivity index (χ1v) is 10.2. The number of morpholine rings is 1. The smallest absolute Gasteiger partial charge is 0.274 e. The molecule has 29 heavy (non-hydrogen) atoms. The van der Waals surface area contributed by atoms with E-state index in [2.05, 4.69) is 21.7 Å². The lowest BCUT2D eigenvalue weighted by molar-refractivity contribution is 0.0299. The summed E-state index contributed by atoms with van der Waals surface area (Å²) in [7, 11) is 0. The molecule has 9 heteroatoms. The predicted octanol–water partition coefficient (Wildman–Crippen LogP) is 3.58. The predicted molar refractivity (Wildman–Crippen MR) is 114 cm³/mol. The van der Waals surface area contributed by atoms with Gasteiger partial charge in [-0.25, -0.2) is 9.97 Å². The number of allylic oxidation sites excluding steroid dienone is 4. The van der Waals surface area contributed by atoms with E-state index >= 15 is 0 Å². The molecule has 1 aliphatic carbocycles. The van der Waals surface area contributed by atoms with Crippen molar-refractivity contribution < 1.29 is 9.53 Å². The topological polar surface area (TPSA) is 72.1 Å². The zero-order valence-corrected chi connectivity index (χ0v) is 17.6. The van der Waals surface area contributed by atoms with Gasteiger partial charge in [0.25, 0.3) is 5.91 Å². The number of rotatable bonds is 4. The molecule has 7 nitrogen and oxygen atoms in total. The first-order chi connectivity index (χ1) is 14.0. The number of imidazole rings is 1. The summed E-state index contributed by atoms with van der Waals surface area (Å²) >= 11 is 12.7. The van der Waals surface area contributed by atoms with E-state index in [9.17, 15) is 4.79 Å². The summed E-state index contributed by atoms with van der Waals surface area (Å²) in [5.74, 6) is 0.331. The van der Waals surface area contributed by atoms with E-state index in [1.807, 2.05) is 11.3 Å². The van der Waals surface area contributed by atoms with Gasteiger partial charge in [-0.1, -0.05) is 23.2 Å². The molecule has 2 aliphatic rings. The Bertz CT molecular complexity index is 1050. The molecular formula is C20H21Cl2N5O2. The number of nitrogens with zero attached hydrogens (tertiary/aromatic N) is 5. The van der Waals surface area contributed by atoms with Crippen LogP contribution in [-0.4, -0.2) is 58.2 Å². The molecule has 0 aromatic carbocycles. The normalized spacial score (nSPS) is 17.6. The highest BCUT2D eigenvalue weighted by atomic mass is 35.5. The molecule has 0 radical (unpaired) electrons. The van der Waals surface area contributed by atoms with Gasteiger partial charge in [0, 0.05) is 40.6 Å². The highest BCUT2D eigenvalue weighted by Crippen LogP contribution is 2.37. The van der Waals surface area contributed by atoms with Crippen LogP contribution in [0.25, 0.3) is 11.4 Å². The van der Waals surface area contributed by atoms with E-state index in [4.69, 9.17) is 27.9 Å². The van der Waals surface area contributed by atoms with Gasteiger partial charge in [0.05, 0.1) is 25.5 Å². The number of carbonyl (C=O) groups excluding carboxylic acids is 1. The van der Waals surface area contributed by atoms with Crippen molar-refractivity contribution in [1.29, 1.82) is 0 Å². The van der Waals surface area contributed by atoms with Crippen molar-refractivity contribution in [2.75, 3.05) is 26.3 Å². The molecule has 1 aliphatic heterocycles. The van der Waals surface area contributed by atoms with Gasteiger partial charge in [-0.15, -0.1) is 0 Å². The molecule has 0 N–H and O–H groups in total. The number of amides is 1. The van der Waals surface area contributed by atoms with E-state index in [-0.39, 0.29) is 5.91 Å². The molecule has 2 aromatic rings. The van der Waals surface area contributed by atoms with Crippen LogP contribution < -0.4 is 0 Å². The maximum Gasteiger partial charge on any atom is 0.274 e. The zero-order chi connectivity index (χ0) is 20.5. The molecular weight excluding hydrogens is 413 g/mol. The quantitative estimate of drug-likeness (QED) is 0.690. The zero-order valence-electron chi connectivity index (χ0n) is 16.1. The lowest BCUT2D eigenvalue weighted by Crippen LogP contribution is -2.40. The summed E-state index contributed by atoms with van der Waals surface area (Å²) in [6.45, 7) is 8.10. The van der Waals surface area contributed by atoms with Crippen molar-refractivity contribution in [3.05, 3.63) is 45.0 Å². The Labute approximate surface area is 178 Å². The second-order valence-electron chi connectivity index (χ2n) is 7.02. The van der Waals surface area contributed by atoms with Crippen LogP contribution in [0.4, 0.5) is 0 Å². The first-order valence-electron chi connectivity index (χ1n) is 9.42. The van der Waals surface area contributed by atoms with Crippen LogP contribution in [-0.2, 0) is 11.3 Å². The minimum absolute atomic E-state index is 0.127. The van der Waals surface area contributed by atoms with Gasteiger partial charge in [-0.3, -0.25) is 14.2 Å². The number of aryl methyl sites for hydroxylation is 1. The SMILES string of the molecule is C=NCc1c(C)nc2nc(C(=O)N3CCOCC3)cn2c1C1=C(Cl)C=C(Cl)CC1. The van der Waals surface area contributed by atoms with Crippen molar-refractivity contribution in [3.8, 4) is 0 Å². The Hall–Kier alpha value is -2.22. The van der Waals surface area contributed by atoms with Crippen LogP contribution in [0.3, 0.4) is 0 Å². The summed E-state index contributed by atoms with van der Waals surface area (Å²) in [5, 5.41) is 1.30. The summed E-state index contributed by atoms with van der Waals surface area (Å²) in [5.41, 5.74) is 3.85. The Balaban J connectivity index is 1.88. The average Bonchev–Trinajstić information content (AvgIpc) is 3.13. The number of carbonyl (C=O) groups is 1. The summed E-state index contributed by atoms with van der Waals surface area (Å²) in [6, 6.07) is 0. The largest absolute Gasteiger partial charge is 0.378 e. The number of hydrogen-bond acceptors (Lipinski definition) is 5. The fourth-order valence-electron chi connectivity index (χ4n) is 3.70. The molecule has 1 amide bonds. The molecule has 0 unspecified atom stereocenters. The highest BCUT2D eigenvalue weighted by Gasteiger charge is 2.25. The van der Waals surface area contributed by atoms with Crippen LogP contribution in [0.1, 0.15) is 40.3 Å². The number of aromatic nitrogens is 3. The summed E-state index contributed by atoms with van der Waals surface area (Å²) in [4.78, 5) is 27.9. The fraction of sp³-hybridized carbons (Fsp3) is 0.400. The maximum absolute atomic E-state index is 12.9. The van der Waals surface area contributed by atoms with Gasteiger partial charge in [0.1, 0.15) is 5.69 Å². The molecule has 0 spiro atoms. The molecule has 0 saturated carbocycles. The van der Waals surface area contributed by atoms with E-state index in [1.54, 1.807) is 17.2 Å². The standard InChI is InChI=1S/C20H21Cl2N5O2/c1-12-15(10-23-2)18(14-4-3-13(21)9-16(14)22)27-11-17(25-20(27)24-12)19(28)26-5-7-29-8-6-26/h9,11H,2-8,10H2,1H3. The highest BCUT2D eigenvalue weighted by molar-refractivity contribution is 6.37. The number of ether oxygens (including phenoxy) is 1. The van der Waals surface area contributed by atoms with E-state index in [0.29, 0.717) is 62.2 Å². The average molecular weight is 434 g/mol. The van der Waals surface area contributed by atoms with Gasteiger partial charge in [-0.05, 0) is 38.1 Å². The molecule has 2 aromatic heterocycles. The molecule has 1 saturated heterocycles. The molecule has 0 bridgehead atoms. The Morgan fingerprint density at radius 3 is 2.72 bits per heavy atom. The second kappa shape index (κ2) is 8.26. The Morgan fingerprint density at radius 2 is 2.03 bits per heavy atom. The fourth-order valence-corrected chi connectivity index (χ4v) is 4.28. The van der Waals surface area contributed by atoms with Crippen molar-refractivity contribution in [2.45, 2.75) is 26.3 Å². The third-order valence-electron chi connectivity index (χ3n) is 5.18. The van der Waals surface area contributed by atoms with Gasteiger partial charge in [0.15, 0.2) is 0 Å². The number of halogens is 2. The van der Waals surface area contributed by atoms with Gasteiger partial charge >= 0.3 is 0 Å². The van der Waals surface area contributed by atoms with Crippen molar-refractivity contribution in [1.82, 2.24) is 19.3 Å². The minimum Gasteiger partial charge on any atom is -0.378 e. The lowest BCUT2D eigenvalue weighted by Gasteiger charge is -2.25. The number of fused-ring (bicyclic) bond motifs is 1. The van der Waals surface area contributed by atoms with Crippen molar-refractivity contribution >= 4 is 47.2 Å². The van der Waals surface area contributed by atoms with Crippen LogP contribution in [0.15, 0.2) is 27.3 Å². The van der Waals surface area contributed by atoms with E-state index < -0.39 is 0 Å². The van der Waals surface area contributed by atoms with E-state index in [1.165, 1.54) is 0 Å². The molecule has 3 heterocycles. The van der Waals surface area contributed by atoms with Gasteiger partial charge < -0.3 is 9.64 Å². The Morgan fingerprint density at radius 1 is 1.28 bits per heavy atom. The molecule has 4 rings (SSSR count). The molecule has 0 atom stereocenters. The third kappa shape index (κ3) is 3.82. The lowest BCUT2D eigenvalue weighted by atomic mass is 9.96. The number of aliphatic imine (C=N–C) groups is 1. The van der Waals surface area contributed by atoms with Crippen LogP contribution in [0, 0.1) is 6.92 Å². The van der Waals surface area contributed by atoms with Crippen LogP contribution in [0.5, 0.6) is 0 Å². The minimum atomic E-state index is -0.127. The van der Waals surface area contributed by atoms with Gasteiger partial charge in [-0.2, -0.15) is 0 Å². The van der Waals surface area contributed by atoms with Crippen molar-refractivity contribution in [2.24, 2.45) is 4.99 Å². The maximum atomic E-state index is 12.9. The first kappa shape index (κ1) is 20.1. The van der Waals surface area contributed by atoms with Crippen LogP contribution in [0.2, 0.25) is 0 Å². The molecule has 1 fully saturated rings. The summed E-state index contributed by atoms with van der Waals surface area (Å²) in [6.07, 6.45) is 4.89. The van der Waals surface area contributed by atoms with Gasteiger partial charge in [0.2, 0.25) is 5.78 Å². The van der Waals surface area contributed by atoms with Crippen molar-refractivity contribution in [3.63, 3.8) is 0 Å².